The van der Waals surface area contributed by atoms with Crippen LogP contribution in [0, 0.1) is 13.8 Å². The van der Waals surface area contributed by atoms with Crippen LogP contribution in [-0.4, -0.2) is 46.3 Å². The van der Waals surface area contributed by atoms with Crippen molar-refractivity contribution in [3.8, 4) is 11.4 Å². The van der Waals surface area contributed by atoms with Gasteiger partial charge in [-0.3, -0.25) is 14.5 Å². The molecule has 0 radical (unpaired) electrons. The van der Waals surface area contributed by atoms with E-state index in [-0.39, 0.29) is 11.5 Å². The SMILES string of the molecule is CCOC(=O)[C@H](C)N1C(=O)S/C(=C/c2cc(C)n(-c3ccc(OC)cc3)c2C)C1=O. The van der Waals surface area contributed by atoms with Crippen LogP contribution in [0.1, 0.15) is 30.8 Å². The maximum Gasteiger partial charge on any atom is 0.329 e. The summed E-state index contributed by atoms with van der Waals surface area (Å²) < 4.78 is 12.2. The number of ether oxygens (including phenoxy) is 2. The van der Waals surface area contributed by atoms with Gasteiger partial charge in [0.05, 0.1) is 18.6 Å². The van der Waals surface area contributed by atoms with Crippen LogP contribution >= 0.6 is 11.8 Å². The van der Waals surface area contributed by atoms with Crippen molar-refractivity contribution in [2.24, 2.45) is 0 Å². The summed E-state index contributed by atoms with van der Waals surface area (Å²) >= 11 is 0.830. The van der Waals surface area contributed by atoms with E-state index in [1.54, 1.807) is 20.1 Å². The number of aryl methyl sites for hydroxylation is 1. The highest BCUT2D eigenvalue weighted by molar-refractivity contribution is 8.18. The van der Waals surface area contributed by atoms with Gasteiger partial charge in [-0.2, -0.15) is 0 Å². The number of thioether (sulfide) groups is 1. The number of benzene rings is 1. The maximum atomic E-state index is 12.8. The predicted molar refractivity (Wildman–Crippen MR) is 116 cm³/mol. The Hall–Kier alpha value is -3.00. The molecule has 8 heteroatoms. The molecule has 1 aliphatic heterocycles. The minimum atomic E-state index is -0.963. The van der Waals surface area contributed by atoms with E-state index >= 15 is 0 Å². The molecule has 1 aromatic heterocycles. The second-order valence-electron chi connectivity index (χ2n) is 6.84. The van der Waals surface area contributed by atoms with E-state index in [1.807, 2.05) is 44.2 Å². The number of esters is 1. The van der Waals surface area contributed by atoms with Gasteiger partial charge in [0, 0.05) is 17.1 Å². The highest BCUT2D eigenvalue weighted by Gasteiger charge is 2.41. The molecule has 1 aromatic carbocycles. The normalized spacial score (nSPS) is 16.3. The van der Waals surface area contributed by atoms with Gasteiger partial charge in [-0.25, -0.2) is 4.79 Å². The van der Waals surface area contributed by atoms with E-state index in [2.05, 4.69) is 4.57 Å². The number of carbonyl (C=O) groups excluding carboxylic acids is 3. The van der Waals surface area contributed by atoms with Crippen molar-refractivity contribution in [1.29, 1.82) is 0 Å². The van der Waals surface area contributed by atoms with Gasteiger partial charge in [0.2, 0.25) is 0 Å². The number of hydrogen-bond acceptors (Lipinski definition) is 6. The van der Waals surface area contributed by atoms with Crippen molar-refractivity contribution in [3.63, 3.8) is 0 Å². The number of amides is 2. The molecule has 2 heterocycles. The molecular formula is C22H24N2O5S. The van der Waals surface area contributed by atoms with Crippen molar-refractivity contribution in [3.05, 3.63) is 52.2 Å². The largest absolute Gasteiger partial charge is 0.497 e. The maximum absolute atomic E-state index is 12.8. The summed E-state index contributed by atoms with van der Waals surface area (Å²) in [5, 5.41) is -0.476. The van der Waals surface area contributed by atoms with Gasteiger partial charge in [0.25, 0.3) is 11.1 Å². The Morgan fingerprint density at radius 3 is 2.47 bits per heavy atom. The number of hydrogen-bond donors (Lipinski definition) is 0. The van der Waals surface area contributed by atoms with Crippen LogP contribution in [0.5, 0.6) is 5.75 Å². The van der Waals surface area contributed by atoms with Gasteiger partial charge in [-0.15, -0.1) is 0 Å². The minimum absolute atomic E-state index is 0.187. The summed E-state index contributed by atoms with van der Waals surface area (Å²) in [4.78, 5) is 38.4. The number of aromatic nitrogens is 1. The first-order chi connectivity index (χ1) is 14.3. The number of rotatable bonds is 6. The van der Waals surface area contributed by atoms with Gasteiger partial charge in [-0.05, 0) is 81.4 Å². The first-order valence-electron chi connectivity index (χ1n) is 9.55. The Morgan fingerprint density at radius 2 is 1.87 bits per heavy atom. The third kappa shape index (κ3) is 4.00. The number of methoxy groups -OCH3 is 1. The Bertz CT molecular complexity index is 1020. The van der Waals surface area contributed by atoms with Crippen molar-refractivity contribution in [1.82, 2.24) is 9.47 Å². The molecule has 1 fully saturated rings. The van der Waals surface area contributed by atoms with Crippen LogP contribution < -0.4 is 4.74 Å². The van der Waals surface area contributed by atoms with Gasteiger partial charge < -0.3 is 14.0 Å². The molecule has 30 heavy (non-hydrogen) atoms. The first-order valence-corrected chi connectivity index (χ1v) is 10.4. The van der Waals surface area contributed by atoms with Crippen LogP contribution in [-0.2, 0) is 14.3 Å². The predicted octanol–water partition coefficient (Wildman–Crippen LogP) is 4.09. The molecule has 0 bridgehead atoms. The summed E-state index contributed by atoms with van der Waals surface area (Å²) in [5.41, 5.74) is 3.72. The number of carbonyl (C=O) groups is 3. The molecular weight excluding hydrogens is 404 g/mol. The lowest BCUT2D eigenvalue weighted by molar-refractivity contribution is -0.150. The zero-order valence-corrected chi connectivity index (χ0v) is 18.4. The van der Waals surface area contributed by atoms with Crippen molar-refractivity contribution < 1.29 is 23.9 Å². The van der Waals surface area contributed by atoms with Crippen LogP contribution in [0.15, 0.2) is 35.2 Å². The molecule has 3 rings (SSSR count). The first kappa shape index (κ1) is 21.7. The molecule has 0 spiro atoms. The lowest BCUT2D eigenvalue weighted by Crippen LogP contribution is -2.42. The summed E-state index contributed by atoms with van der Waals surface area (Å²) in [7, 11) is 1.62. The van der Waals surface area contributed by atoms with Crippen LogP contribution in [0.3, 0.4) is 0 Å². The van der Waals surface area contributed by atoms with Crippen LogP contribution in [0.4, 0.5) is 4.79 Å². The number of imide groups is 1. The molecule has 1 aliphatic rings. The fraction of sp³-hybridized carbons (Fsp3) is 0.318. The van der Waals surface area contributed by atoms with E-state index in [0.29, 0.717) is 0 Å². The molecule has 2 amide bonds. The molecule has 1 atom stereocenters. The average Bonchev–Trinajstić information content (AvgIpc) is 3.16. The van der Waals surface area contributed by atoms with E-state index in [0.717, 1.165) is 45.1 Å². The van der Waals surface area contributed by atoms with E-state index in [4.69, 9.17) is 9.47 Å². The average molecular weight is 429 g/mol. The molecule has 0 aliphatic carbocycles. The standard InChI is InChI=1S/C22H24N2O5S/c1-6-29-21(26)15(4)24-20(25)19(30-22(24)27)12-16-11-13(2)23(14(16)3)17-7-9-18(28-5)10-8-17/h7-12,15H,6H2,1-5H3/b19-12+/t15-/m0/s1. The highest BCUT2D eigenvalue weighted by Crippen LogP contribution is 2.35. The summed E-state index contributed by atoms with van der Waals surface area (Å²) in [5.74, 6) is -0.315. The summed E-state index contributed by atoms with van der Waals surface area (Å²) in [6, 6.07) is 8.68. The minimum Gasteiger partial charge on any atom is -0.497 e. The second kappa shape index (κ2) is 8.79. The highest BCUT2D eigenvalue weighted by atomic mass is 32.2. The van der Waals surface area contributed by atoms with Gasteiger partial charge in [0.1, 0.15) is 11.8 Å². The zero-order chi connectivity index (χ0) is 22.0. The second-order valence-corrected chi connectivity index (χ2v) is 7.83. The zero-order valence-electron chi connectivity index (χ0n) is 17.6. The van der Waals surface area contributed by atoms with Crippen molar-refractivity contribution in [2.75, 3.05) is 13.7 Å². The lowest BCUT2D eigenvalue weighted by Gasteiger charge is -2.19. The fourth-order valence-electron chi connectivity index (χ4n) is 3.39. The molecule has 1 saturated heterocycles. The molecule has 2 aromatic rings. The Labute approximate surface area is 179 Å². The van der Waals surface area contributed by atoms with E-state index in [9.17, 15) is 14.4 Å². The summed E-state index contributed by atoms with van der Waals surface area (Å²) in [6.07, 6.45) is 1.70. The lowest BCUT2D eigenvalue weighted by atomic mass is 10.2. The monoisotopic (exact) mass is 428 g/mol. The van der Waals surface area contributed by atoms with Crippen molar-refractivity contribution in [2.45, 2.75) is 33.7 Å². The third-order valence-electron chi connectivity index (χ3n) is 4.93. The smallest absolute Gasteiger partial charge is 0.329 e. The molecule has 0 N–H and O–H groups in total. The molecule has 158 valence electrons. The Balaban J connectivity index is 1.91. The topological polar surface area (TPSA) is 77.8 Å². The number of nitrogens with zero attached hydrogens (tertiary/aromatic N) is 2. The molecule has 7 nitrogen and oxygen atoms in total. The Kier molecular flexibility index (Phi) is 6.36. The van der Waals surface area contributed by atoms with Gasteiger partial charge >= 0.3 is 5.97 Å². The quantitative estimate of drug-likeness (QED) is 0.509. The van der Waals surface area contributed by atoms with Crippen molar-refractivity contribution >= 4 is 35.0 Å². The molecule has 0 saturated carbocycles. The van der Waals surface area contributed by atoms with E-state index < -0.39 is 23.2 Å². The van der Waals surface area contributed by atoms with E-state index in [1.165, 1.54) is 6.92 Å². The van der Waals surface area contributed by atoms with Gasteiger partial charge in [0.15, 0.2) is 0 Å². The van der Waals surface area contributed by atoms with Crippen LogP contribution in [0.25, 0.3) is 11.8 Å². The molecule has 0 unspecified atom stereocenters. The third-order valence-corrected chi connectivity index (χ3v) is 5.81. The Morgan fingerprint density at radius 1 is 1.20 bits per heavy atom. The summed E-state index contributed by atoms with van der Waals surface area (Å²) in [6.45, 7) is 7.29. The van der Waals surface area contributed by atoms with Crippen LogP contribution in [0.2, 0.25) is 0 Å². The van der Waals surface area contributed by atoms with Gasteiger partial charge in [-0.1, -0.05) is 0 Å². The fourth-order valence-corrected chi connectivity index (χ4v) is 4.28.